The summed E-state index contributed by atoms with van der Waals surface area (Å²) < 4.78 is 0. The molecule has 0 spiro atoms. The van der Waals surface area contributed by atoms with Crippen LogP contribution in [-0.4, -0.2) is 24.0 Å². The molecule has 1 aromatic carbocycles. The van der Waals surface area contributed by atoms with Gasteiger partial charge in [0.1, 0.15) is 0 Å². The van der Waals surface area contributed by atoms with Gasteiger partial charge in [-0.15, -0.1) is 0 Å². The third kappa shape index (κ3) is 3.77. The lowest BCUT2D eigenvalue weighted by atomic mass is 9.91. The van der Waals surface area contributed by atoms with Gasteiger partial charge in [0.2, 0.25) is 5.91 Å². The summed E-state index contributed by atoms with van der Waals surface area (Å²) in [7, 11) is 0. The summed E-state index contributed by atoms with van der Waals surface area (Å²) in [5.41, 5.74) is 3.22. The first-order chi connectivity index (χ1) is 11.5. The quantitative estimate of drug-likeness (QED) is 0.896. The van der Waals surface area contributed by atoms with Crippen molar-refractivity contribution in [2.45, 2.75) is 25.8 Å². The summed E-state index contributed by atoms with van der Waals surface area (Å²) in [6.07, 6.45) is 1.64. The zero-order valence-corrected chi connectivity index (χ0v) is 14.7. The number of carbonyl (C=O) groups excluding carboxylic acids is 1. The predicted octanol–water partition coefficient (Wildman–Crippen LogP) is 3.22. The Morgan fingerprint density at radius 1 is 1.33 bits per heavy atom. The van der Waals surface area contributed by atoms with Gasteiger partial charge in [0.15, 0.2) is 0 Å². The molecule has 1 saturated heterocycles. The molecule has 1 amide bonds. The largest absolute Gasteiger partial charge is 0.349 e. The van der Waals surface area contributed by atoms with Gasteiger partial charge in [-0.3, -0.25) is 9.78 Å². The zero-order valence-electron chi connectivity index (χ0n) is 13.9. The molecule has 0 radical (unpaired) electrons. The molecule has 126 valence electrons. The third-order valence-electron chi connectivity index (χ3n) is 4.58. The summed E-state index contributed by atoms with van der Waals surface area (Å²) in [6, 6.07) is 11.9. The number of halogens is 1. The highest BCUT2D eigenvalue weighted by Crippen LogP contribution is 2.28. The van der Waals surface area contributed by atoms with E-state index in [1.54, 1.807) is 6.20 Å². The number of carbonyl (C=O) groups is 1. The Morgan fingerprint density at radius 3 is 2.88 bits per heavy atom. The van der Waals surface area contributed by atoms with Crippen molar-refractivity contribution in [3.63, 3.8) is 0 Å². The number of pyridine rings is 1. The second kappa shape index (κ2) is 7.32. The van der Waals surface area contributed by atoms with Gasteiger partial charge >= 0.3 is 0 Å². The van der Waals surface area contributed by atoms with Gasteiger partial charge in [-0.2, -0.15) is 0 Å². The molecule has 3 rings (SSSR count). The van der Waals surface area contributed by atoms with Crippen molar-refractivity contribution in [2.75, 3.05) is 13.1 Å². The molecule has 1 aromatic heterocycles. The molecule has 1 aliphatic heterocycles. The van der Waals surface area contributed by atoms with Crippen LogP contribution < -0.4 is 10.6 Å². The average Bonchev–Trinajstić information content (AvgIpc) is 3.05. The van der Waals surface area contributed by atoms with E-state index < -0.39 is 0 Å². The SMILES string of the molecule is Cc1cccc([C@H](C)NC(=O)[C@@H]2CNC[C@H]2c2ccc(Cl)cn2)c1. The number of rotatable bonds is 4. The van der Waals surface area contributed by atoms with Gasteiger partial charge in [0, 0.05) is 30.9 Å². The van der Waals surface area contributed by atoms with Crippen LogP contribution in [0.4, 0.5) is 0 Å². The molecule has 1 fully saturated rings. The second-order valence-electron chi connectivity index (χ2n) is 6.42. The minimum Gasteiger partial charge on any atom is -0.349 e. The summed E-state index contributed by atoms with van der Waals surface area (Å²) in [5.74, 6) is 0.0219. The van der Waals surface area contributed by atoms with Crippen molar-refractivity contribution in [3.05, 3.63) is 64.4 Å². The summed E-state index contributed by atoms with van der Waals surface area (Å²) >= 11 is 5.91. The summed E-state index contributed by atoms with van der Waals surface area (Å²) in [6.45, 7) is 5.50. The highest BCUT2D eigenvalue weighted by Gasteiger charge is 2.35. The molecule has 5 heteroatoms. The van der Waals surface area contributed by atoms with Crippen LogP contribution in [-0.2, 0) is 4.79 Å². The Bertz CT molecular complexity index is 717. The lowest BCUT2D eigenvalue weighted by molar-refractivity contribution is -0.125. The maximum absolute atomic E-state index is 12.8. The van der Waals surface area contributed by atoms with Gasteiger partial charge < -0.3 is 10.6 Å². The van der Waals surface area contributed by atoms with E-state index >= 15 is 0 Å². The van der Waals surface area contributed by atoms with Crippen molar-refractivity contribution in [1.82, 2.24) is 15.6 Å². The van der Waals surface area contributed by atoms with E-state index in [1.807, 2.05) is 31.2 Å². The molecule has 0 aliphatic carbocycles. The van der Waals surface area contributed by atoms with Crippen molar-refractivity contribution >= 4 is 17.5 Å². The number of nitrogens with one attached hydrogen (secondary N) is 2. The van der Waals surface area contributed by atoms with Crippen LogP contribution in [0, 0.1) is 12.8 Å². The highest BCUT2D eigenvalue weighted by atomic mass is 35.5. The topological polar surface area (TPSA) is 54.0 Å². The van der Waals surface area contributed by atoms with E-state index in [1.165, 1.54) is 5.56 Å². The van der Waals surface area contributed by atoms with Crippen molar-refractivity contribution in [2.24, 2.45) is 5.92 Å². The molecule has 1 aliphatic rings. The van der Waals surface area contributed by atoms with Crippen LogP contribution in [0.5, 0.6) is 0 Å². The monoisotopic (exact) mass is 343 g/mol. The first-order valence-electron chi connectivity index (χ1n) is 8.23. The predicted molar refractivity (Wildman–Crippen MR) is 96.1 cm³/mol. The fourth-order valence-corrected chi connectivity index (χ4v) is 3.33. The van der Waals surface area contributed by atoms with Crippen molar-refractivity contribution < 1.29 is 4.79 Å². The van der Waals surface area contributed by atoms with Gasteiger partial charge in [-0.1, -0.05) is 41.4 Å². The van der Waals surface area contributed by atoms with E-state index in [0.717, 1.165) is 17.8 Å². The van der Waals surface area contributed by atoms with E-state index in [0.29, 0.717) is 11.6 Å². The number of nitrogens with zero attached hydrogens (tertiary/aromatic N) is 1. The van der Waals surface area contributed by atoms with E-state index in [2.05, 4.69) is 34.7 Å². The fraction of sp³-hybridized carbons (Fsp3) is 0.368. The molecule has 2 aromatic rings. The van der Waals surface area contributed by atoms with Crippen LogP contribution >= 0.6 is 11.6 Å². The first kappa shape index (κ1) is 16.9. The van der Waals surface area contributed by atoms with Gasteiger partial charge in [0.05, 0.1) is 17.0 Å². The normalized spacial score (nSPS) is 21.5. The number of hydrogen-bond acceptors (Lipinski definition) is 3. The standard InChI is InChI=1S/C19H22ClN3O/c1-12-4-3-5-14(8-12)13(2)23-19(24)17-11-21-10-16(17)18-7-6-15(20)9-22-18/h3-9,13,16-17,21H,10-11H2,1-2H3,(H,23,24)/t13-,16+,17+/m0/s1. The van der Waals surface area contributed by atoms with Crippen LogP contribution in [0.1, 0.15) is 35.7 Å². The van der Waals surface area contributed by atoms with E-state index in [-0.39, 0.29) is 23.8 Å². The fourth-order valence-electron chi connectivity index (χ4n) is 3.21. The molecule has 3 atom stereocenters. The van der Waals surface area contributed by atoms with Crippen LogP contribution in [0.2, 0.25) is 5.02 Å². The van der Waals surface area contributed by atoms with Gasteiger partial charge in [0.25, 0.3) is 0 Å². The lowest BCUT2D eigenvalue weighted by Crippen LogP contribution is -2.36. The minimum absolute atomic E-state index is 0.0168. The average molecular weight is 344 g/mol. The Morgan fingerprint density at radius 2 is 2.17 bits per heavy atom. The Balaban J connectivity index is 1.70. The number of aromatic nitrogens is 1. The molecule has 2 heterocycles. The zero-order chi connectivity index (χ0) is 17.1. The Hall–Kier alpha value is -1.91. The third-order valence-corrected chi connectivity index (χ3v) is 4.81. The molecule has 24 heavy (non-hydrogen) atoms. The Kier molecular flexibility index (Phi) is 5.17. The summed E-state index contributed by atoms with van der Waals surface area (Å²) in [4.78, 5) is 17.1. The van der Waals surface area contributed by atoms with Crippen LogP contribution in [0.25, 0.3) is 0 Å². The highest BCUT2D eigenvalue weighted by molar-refractivity contribution is 6.30. The van der Waals surface area contributed by atoms with Crippen LogP contribution in [0.3, 0.4) is 0 Å². The second-order valence-corrected chi connectivity index (χ2v) is 6.85. The van der Waals surface area contributed by atoms with Crippen LogP contribution in [0.15, 0.2) is 42.6 Å². The number of aryl methyl sites for hydroxylation is 1. The number of benzene rings is 1. The summed E-state index contributed by atoms with van der Waals surface area (Å²) in [5, 5.41) is 7.06. The minimum atomic E-state index is -0.120. The first-order valence-corrected chi connectivity index (χ1v) is 8.61. The van der Waals surface area contributed by atoms with Gasteiger partial charge in [-0.25, -0.2) is 0 Å². The molecule has 0 bridgehead atoms. The molecule has 0 saturated carbocycles. The van der Waals surface area contributed by atoms with Crippen molar-refractivity contribution in [3.8, 4) is 0 Å². The smallest absolute Gasteiger partial charge is 0.225 e. The van der Waals surface area contributed by atoms with Gasteiger partial charge in [-0.05, 0) is 31.5 Å². The molecule has 0 unspecified atom stereocenters. The Labute approximate surface area is 147 Å². The maximum Gasteiger partial charge on any atom is 0.225 e. The van der Waals surface area contributed by atoms with E-state index in [4.69, 9.17) is 11.6 Å². The molecular formula is C19H22ClN3O. The maximum atomic E-state index is 12.8. The lowest BCUT2D eigenvalue weighted by Gasteiger charge is -2.21. The van der Waals surface area contributed by atoms with Crippen molar-refractivity contribution in [1.29, 1.82) is 0 Å². The molecule has 4 nitrogen and oxygen atoms in total. The number of hydrogen-bond donors (Lipinski definition) is 2. The van der Waals surface area contributed by atoms with E-state index in [9.17, 15) is 4.79 Å². The number of amides is 1. The molecular weight excluding hydrogens is 322 g/mol. The molecule has 2 N–H and O–H groups in total.